The van der Waals surface area contributed by atoms with Gasteiger partial charge in [0.15, 0.2) is 3.77 Å². The SMILES string of the molecule is IB1C=CC(I)=C(I)O1. The van der Waals surface area contributed by atoms with E-state index in [1.807, 2.05) is 5.98 Å². The van der Waals surface area contributed by atoms with Gasteiger partial charge in [-0.2, -0.15) is 0 Å². The summed E-state index contributed by atoms with van der Waals surface area (Å²) < 4.78 is 7.75. The lowest BCUT2D eigenvalue weighted by atomic mass is 10.00. The number of halogens is 3. The van der Waals surface area contributed by atoms with Crippen LogP contribution in [-0.4, -0.2) is 4.77 Å². The maximum atomic E-state index is 5.36. The molecule has 5 heteroatoms. The third-order valence-electron chi connectivity index (χ3n) is 0.798. The van der Waals surface area contributed by atoms with Gasteiger partial charge in [0, 0.05) is 0 Å². The first-order valence-corrected chi connectivity index (χ1v) is 5.64. The fourth-order valence-electron chi connectivity index (χ4n) is 0.420. The second-order valence-corrected chi connectivity index (χ2v) is 4.82. The first-order chi connectivity index (χ1) is 4.20. The van der Waals surface area contributed by atoms with E-state index in [0.29, 0.717) is 0 Å². The summed E-state index contributed by atoms with van der Waals surface area (Å²) in [5, 5.41) is 0. The maximum absolute atomic E-state index is 5.36. The van der Waals surface area contributed by atoms with Crippen molar-refractivity contribution in [3.05, 3.63) is 19.4 Å². The molecule has 1 heterocycles. The van der Waals surface area contributed by atoms with Crippen LogP contribution in [0.1, 0.15) is 0 Å². The molecule has 9 heavy (non-hydrogen) atoms. The molecule has 0 amide bonds. The topological polar surface area (TPSA) is 9.23 Å². The molecule has 0 unspecified atom stereocenters. The first kappa shape index (κ1) is 8.63. The van der Waals surface area contributed by atoms with Gasteiger partial charge < -0.3 is 4.65 Å². The Morgan fingerprint density at radius 3 is 2.56 bits per heavy atom. The Morgan fingerprint density at radius 1 is 1.44 bits per heavy atom. The van der Waals surface area contributed by atoms with Crippen molar-refractivity contribution in [1.82, 2.24) is 0 Å². The van der Waals surface area contributed by atoms with E-state index in [1.54, 1.807) is 0 Å². The van der Waals surface area contributed by atoms with Gasteiger partial charge in [-0.25, -0.2) is 0 Å². The Morgan fingerprint density at radius 2 is 2.11 bits per heavy atom. The second-order valence-electron chi connectivity index (χ2n) is 1.45. The molecule has 1 aliphatic heterocycles. The molecule has 0 N–H and O–H groups in total. The van der Waals surface area contributed by atoms with E-state index in [4.69, 9.17) is 4.65 Å². The van der Waals surface area contributed by atoms with Crippen LogP contribution >= 0.6 is 67.6 Å². The van der Waals surface area contributed by atoms with Gasteiger partial charge in [0.25, 0.3) is 0 Å². The lowest BCUT2D eigenvalue weighted by Gasteiger charge is -2.10. The van der Waals surface area contributed by atoms with Gasteiger partial charge in [-0.1, -0.05) is 34.4 Å². The maximum Gasteiger partial charge on any atom is 0.457 e. The van der Waals surface area contributed by atoms with Gasteiger partial charge in [0.05, 0.1) is 3.58 Å². The minimum absolute atomic E-state index is 0.216. The molecule has 1 rings (SSSR count). The van der Waals surface area contributed by atoms with E-state index >= 15 is 0 Å². The molecule has 0 bridgehead atoms. The van der Waals surface area contributed by atoms with Crippen LogP contribution in [0.5, 0.6) is 0 Å². The lowest BCUT2D eigenvalue weighted by molar-refractivity contribution is 0.509. The summed E-state index contributed by atoms with van der Waals surface area (Å²) in [4.78, 5) is 0. The Bertz CT molecular complexity index is 177. The van der Waals surface area contributed by atoms with E-state index in [1.165, 1.54) is 3.58 Å². The van der Waals surface area contributed by atoms with Gasteiger partial charge in [0.2, 0.25) is 0 Å². The highest BCUT2D eigenvalue weighted by Crippen LogP contribution is 2.27. The van der Waals surface area contributed by atoms with E-state index in [2.05, 4.69) is 73.6 Å². The molecule has 0 aromatic heterocycles. The van der Waals surface area contributed by atoms with Crippen molar-refractivity contribution in [1.29, 1.82) is 0 Å². The van der Waals surface area contributed by atoms with Crippen molar-refractivity contribution in [2.45, 2.75) is 0 Å². The number of hydrogen-bond donors (Lipinski definition) is 0. The molecule has 0 aliphatic carbocycles. The van der Waals surface area contributed by atoms with Gasteiger partial charge in [-0.05, 0) is 45.2 Å². The lowest BCUT2D eigenvalue weighted by Crippen LogP contribution is -2.07. The Hall–Kier alpha value is 1.53. The van der Waals surface area contributed by atoms with Crippen molar-refractivity contribution < 1.29 is 4.65 Å². The summed E-state index contributed by atoms with van der Waals surface area (Å²) in [5.41, 5.74) is 0. The van der Waals surface area contributed by atoms with E-state index in [9.17, 15) is 0 Å². The molecule has 0 atom stereocenters. The van der Waals surface area contributed by atoms with E-state index in [0.717, 1.165) is 3.77 Å². The summed E-state index contributed by atoms with van der Waals surface area (Å²) in [6.07, 6.45) is 2.07. The standard InChI is InChI=1S/C4H2BI3O/c6-3-1-2-5(8)9-4(3)7/h1-2H. The van der Waals surface area contributed by atoms with Crippen LogP contribution in [0, 0.1) is 0 Å². The zero-order chi connectivity index (χ0) is 6.85. The normalized spacial score (nSPS) is 18.3. The first-order valence-electron chi connectivity index (χ1n) is 2.24. The zero-order valence-corrected chi connectivity index (χ0v) is 10.7. The van der Waals surface area contributed by atoms with Crippen LogP contribution in [0.25, 0.3) is 0 Å². The average Bonchev–Trinajstić information content (AvgIpc) is 1.80. The number of allylic oxidation sites excluding steroid dienone is 2. The van der Waals surface area contributed by atoms with Crippen LogP contribution in [0.2, 0.25) is 0 Å². The van der Waals surface area contributed by atoms with Gasteiger partial charge in [0.1, 0.15) is 0 Å². The van der Waals surface area contributed by atoms with Crippen molar-refractivity contribution in [2.75, 3.05) is 0 Å². The molecule has 0 fully saturated rings. The molecule has 0 radical (unpaired) electrons. The van der Waals surface area contributed by atoms with Crippen molar-refractivity contribution in [3.63, 3.8) is 0 Å². The number of rotatable bonds is 0. The van der Waals surface area contributed by atoms with Crippen molar-refractivity contribution >= 4 is 72.3 Å². The Labute approximate surface area is 94.9 Å². The summed E-state index contributed by atoms with van der Waals surface area (Å²) in [6.45, 7) is 0. The fourth-order valence-corrected chi connectivity index (χ4v) is 2.16. The molecule has 0 aromatic carbocycles. The predicted octanol–water partition coefficient (Wildman–Crippen LogP) is 3.07. The van der Waals surface area contributed by atoms with Gasteiger partial charge in [-0.15, -0.1) is 0 Å². The molecule has 1 nitrogen and oxygen atoms in total. The molecule has 0 saturated heterocycles. The second kappa shape index (κ2) is 3.79. The Kier molecular flexibility index (Phi) is 3.64. The molecule has 1 aliphatic rings. The van der Waals surface area contributed by atoms with E-state index in [-0.39, 0.29) is 4.77 Å². The predicted molar refractivity (Wildman–Crippen MR) is 65.1 cm³/mol. The third kappa shape index (κ3) is 2.56. The third-order valence-corrected chi connectivity index (χ3v) is 4.18. The Balaban J connectivity index is 2.75. The fraction of sp³-hybridized carbons (Fsp3) is 0. The minimum atomic E-state index is 0.216. The van der Waals surface area contributed by atoms with Crippen LogP contribution in [-0.2, 0) is 4.65 Å². The molecule has 0 saturated carbocycles. The van der Waals surface area contributed by atoms with Crippen LogP contribution in [0.15, 0.2) is 19.4 Å². The molecule has 48 valence electrons. The number of hydrogen-bond acceptors (Lipinski definition) is 1. The van der Waals surface area contributed by atoms with Crippen LogP contribution < -0.4 is 0 Å². The molecular weight excluding hydrogens is 456 g/mol. The van der Waals surface area contributed by atoms with Crippen molar-refractivity contribution in [3.8, 4) is 0 Å². The largest absolute Gasteiger partial charge is 0.542 e. The van der Waals surface area contributed by atoms with Gasteiger partial charge >= 0.3 is 4.77 Å². The van der Waals surface area contributed by atoms with Gasteiger partial charge in [-0.3, -0.25) is 0 Å². The summed E-state index contributed by atoms with van der Waals surface area (Å²) >= 11 is 6.67. The van der Waals surface area contributed by atoms with Crippen LogP contribution in [0.3, 0.4) is 0 Å². The van der Waals surface area contributed by atoms with E-state index < -0.39 is 0 Å². The highest BCUT2D eigenvalue weighted by molar-refractivity contribution is 14.1. The van der Waals surface area contributed by atoms with Crippen LogP contribution in [0.4, 0.5) is 0 Å². The highest BCUT2D eigenvalue weighted by atomic mass is 127. The monoisotopic (exact) mass is 458 g/mol. The molecule has 0 aromatic rings. The highest BCUT2D eigenvalue weighted by Gasteiger charge is 2.14. The average molecular weight is 458 g/mol. The minimum Gasteiger partial charge on any atom is -0.542 e. The van der Waals surface area contributed by atoms with Crippen molar-refractivity contribution in [2.24, 2.45) is 0 Å². The smallest absolute Gasteiger partial charge is 0.457 e. The molecular formula is C4H2BI3O. The summed E-state index contributed by atoms with van der Waals surface area (Å²) in [5.74, 6) is 2.03. The quantitative estimate of drug-likeness (QED) is 0.401. The summed E-state index contributed by atoms with van der Waals surface area (Å²) in [7, 11) is 0. The zero-order valence-electron chi connectivity index (χ0n) is 4.27. The molecule has 0 spiro atoms. The summed E-state index contributed by atoms with van der Waals surface area (Å²) in [6, 6.07) is 0.